The first-order valence-electron chi connectivity index (χ1n) is 3.22. The van der Waals surface area contributed by atoms with Crippen molar-refractivity contribution in [2.45, 2.75) is 0 Å². The molecule has 0 aromatic heterocycles. The standard InChI is InChI=1S/C9H6N2O/c10-5-1-2-7-3-4-8(11)9(12)6-7/h3-4,6,12H,11H2. The van der Waals surface area contributed by atoms with Gasteiger partial charge in [0.2, 0.25) is 0 Å². The topological polar surface area (TPSA) is 70.0 Å². The molecular weight excluding hydrogens is 152 g/mol. The van der Waals surface area contributed by atoms with Crippen LogP contribution in [0.15, 0.2) is 18.2 Å². The van der Waals surface area contributed by atoms with Crippen molar-refractivity contribution in [1.29, 1.82) is 5.26 Å². The highest BCUT2D eigenvalue weighted by atomic mass is 16.3. The highest BCUT2D eigenvalue weighted by Gasteiger charge is 1.95. The number of hydrogen-bond acceptors (Lipinski definition) is 3. The Balaban J connectivity index is 3.07. The fourth-order valence-electron chi connectivity index (χ4n) is 0.722. The van der Waals surface area contributed by atoms with Crippen molar-refractivity contribution in [2.75, 3.05) is 5.73 Å². The van der Waals surface area contributed by atoms with Crippen LogP contribution < -0.4 is 5.73 Å². The number of aromatic hydroxyl groups is 1. The van der Waals surface area contributed by atoms with Crippen molar-refractivity contribution in [3.05, 3.63) is 23.8 Å². The van der Waals surface area contributed by atoms with Gasteiger partial charge < -0.3 is 10.8 Å². The molecule has 0 atom stereocenters. The van der Waals surface area contributed by atoms with Crippen LogP contribution in [0.1, 0.15) is 5.56 Å². The summed E-state index contributed by atoms with van der Waals surface area (Å²) in [5, 5.41) is 17.3. The van der Waals surface area contributed by atoms with E-state index in [1.54, 1.807) is 12.1 Å². The van der Waals surface area contributed by atoms with Crippen LogP contribution in [0.3, 0.4) is 0 Å². The number of hydrogen-bond donors (Lipinski definition) is 2. The monoisotopic (exact) mass is 158 g/mol. The molecule has 1 aromatic carbocycles. The van der Waals surface area contributed by atoms with Gasteiger partial charge in [-0.2, -0.15) is 5.26 Å². The molecule has 3 N–H and O–H groups in total. The van der Waals surface area contributed by atoms with Gasteiger partial charge in [-0.05, 0) is 18.2 Å². The SMILES string of the molecule is N#CC#Cc1ccc(N)c(O)c1. The summed E-state index contributed by atoms with van der Waals surface area (Å²) in [5.41, 5.74) is 6.23. The number of nitriles is 1. The van der Waals surface area contributed by atoms with Crippen LogP contribution in [0.2, 0.25) is 0 Å². The Morgan fingerprint density at radius 3 is 2.75 bits per heavy atom. The lowest BCUT2D eigenvalue weighted by Crippen LogP contribution is -1.85. The minimum atomic E-state index is -0.0141. The summed E-state index contributed by atoms with van der Waals surface area (Å²) < 4.78 is 0. The van der Waals surface area contributed by atoms with E-state index in [1.165, 1.54) is 12.1 Å². The summed E-state index contributed by atoms with van der Waals surface area (Å²) in [6.07, 6.45) is 0. The molecular formula is C9H6N2O. The zero-order chi connectivity index (χ0) is 8.97. The molecule has 3 nitrogen and oxygen atoms in total. The van der Waals surface area contributed by atoms with Crippen LogP contribution in [0, 0.1) is 23.2 Å². The predicted molar refractivity (Wildman–Crippen MR) is 45.0 cm³/mol. The first-order chi connectivity index (χ1) is 5.74. The van der Waals surface area contributed by atoms with E-state index >= 15 is 0 Å². The first kappa shape index (κ1) is 7.97. The molecule has 1 rings (SSSR count). The van der Waals surface area contributed by atoms with Gasteiger partial charge in [-0.15, -0.1) is 0 Å². The van der Waals surface area contributed by atoms with E-state index in [9.17, 15) is 0 Å². The maximum absolute atomic E-state index is 9.12. The Kier molecular flexibility index (Phi) is 2.20. The molecule has 0 fully saturated rings. The summed E-state index contributed by atoms with van der Waals surface area (Å²) in [5.74, 6) is 4.74. The average Bonchev–Trinajstić information content (AvgIpc) is 2.07. The third-order valence-corrected chi connectivity index (χ3v) is 1.29. The molecule has 0 saturated carbocycles. The smallest absolute Gasteiger partial charge is 0.152 e. The van der Waals surface area contributed by atoms with E-state index in [-0.39, 0.29) is 5.75 Å². The van der Waals surface area contributed by atoms with E-state index in [2.05, 4.69) is 11.8 Å². The Labute approximate surface area is 70.1 Å². The molecule has 0 aliphatic heterocycles. The summed E-state index contributed by atoms with van der Waals surface area (Å²) in [4.78, 5) is 0. The van der Waals surface area contributed by atoms with Gasteiger partial charge >= 0.3 is 0 Å². The number of nitrogen functional groups attached to an aromatic ring is 1. The second kappa shape index (κ2) is 3.32. The maximum Gasteiger partial charge on any atom is 0.152 e. The number of rotatable bonds is 0. The lowest BCUT2D eigenvalue weighted by molar-refractivity contribution is 0.478. The molecule has 3 heteroatoms. The number of nitrogens with two attached hydrogens (primary N) is 1. The molecule has 0 saturated heterocycles. The summed E-state index contributed by atoms with van der Waals surface area (Å²) >= 11 is 0. The van der Waals surface area contributed by atoms with Crippen molar-refractivity contribution in [1.82, 2.24) is 0 Å². The molecule has 0 radical (unpaired) electrons. The van der Waals surface area contributed by atoms with Crippen molar-refractivity contribution < 1.29 is 5.11 Å². The van der Waals surface area contributed by atoms with Crippen molar-refractivity contribution in [3.63, 3.8) is 0 Å². The van der Waals surface area contributed by atoms with Gasteiger partial charge in [-0.1, -0.05) is 5.92 Å². The summed E-state index contributed by atoms with van der Waals surface area (Å²) in [6.45, 7) is 0. The van der Waals surface area contributed by atoms with Crippen LogP contribution in [0.4, 0.5) is 5.69 Å². The minimum absolute atomic E-state index is 0.0141. The van der Waals surface area contributed by atoms with E-state index in [0.717, 1.165) is 0 Å². The van der Waals surface area contributed by atoms with Gasteiger partial charge in [-0.3, -0.25) is 0 Å². The highest BCUT2D eigenvalue weighted by molar-refractivity contribution is 5.56. The molecule has 0 unspecified atom stereocenters. The van der Waals surface area contributed by atoms with Gasteiger partial charge in [0.1, 0.15) is 5.75 Å². The number of phenolic OH excluding ortho intramolecular Hbond substituents is 1. The van der Waals surface area contributed by atoms with E-state index in [1.807, 2.05) is 0 Å². The average molecular weight is 158 g/mol. The Morgan fingerprint density at radius 2 is 2.17 bits per heavy atom. The lowest BCUT2D eigenvalue weighted by atomic mass is 10.2. The Hall–Kier alpha value is -2.13. The molecule has 0 bridgehead atoms. The van der Waals surface area contributed by atoms with Crippen molar-refractivity contribution in [2.24, 2.45) is 0 Å². The second-order valence-electron chi connectivity index (χ2n) is 2.14. The summed E-state index contributed by atoms with van der Waals surface area (Å²) in [6, 6.07) is 6.27. The fourth-order valence-corrected chi connectivity index (χ4v) is 0.722. The minimum Gasteiger partial charge on any atom is -0.506 e. The quantitative estimate of drug-likeness (QED) is 0.334. The first-order valence-corrected chi connectivity index (χ1v) is 3.22. The van der Waals surface area contributed by atoms with Crippen LogP contribution in [-0.2, 0) is 0 Å². The van der Waals surface area contributed by atoms with Crippen LogP contribution in [0.25, 0.3) is 0 Å². The zero-order valence-electron chi connectivity index (χ0n) is 6.20. The Bertz CT molecular complexity index is 393. The normalized spacial score (nSPS) is 7.92. The molecule has 12 heavy (non-hydrogen) atoms. The van der Waals surface area contributed by atoms with Gasteiger partial charge in [0.05, 0.1) is 5.69 Å². The zero-order valence-corrected chi connectivity index (χ0v) is 6.20. The van der Waals surface area contributed by atoms with Crippen molar-refractivity contribution >= 4 is 5.69 Å². The largest absolute Gasteiger partial charge is 0.506 e. The third kappa shape index (κ3) is 1.68. The van der Waals surface area contributed by atoms with E-state index in [0.29, 0.717) is 11.3 Å². The number of anilines is 1. The number of benzene rings is 1. The number of nitrogens with zero attached hydrogens (tertiary/aromatic N) is 1. The van der Waals surface area contributed by atoms with Crippen LogP contribution in [-0.4, -0.2) is 5.11 Å². The summed E-state index contributed by atoms with van der Waals surface area (Å²) in [7, 11) is 0. The van der Waals surface area contributed by atoms with E-state index < -0.39 is 0 Å². The molecule has 1 aromatic rings. The van der Waals surface area contributed by atoms with Gasteiger partial charge in [-0.25, -0.2) is 0 Å². The third-order valence-electron chi connectivity index (χ3n) is 1.29. The molecule has 0 spiro atoms. The molecule has 0 aliphatic rings. The highest BCUT2D eigenvalue weighted by Crippen LogP contribution is 2.19. The van der Waals surface area contributed by atoms with E-state index in [4.69, 9.17) is 16.1 Å². The van der Waals surface area contributed by atoms with Crippen LogP contribution in [0.5, 0.6) is 5.75 Å². The molecule has 0 aliphatic carbocycles. The number of phenols is 1. The predicted octanol–water partition coefficient (Wildman–Crippen LogP) is 0.849. The van der Waals surface area contributed by atoms with Gasteiger partial charge in [0, 0.05) is 11.5 Å². The van der Waals surface area contributed by atoms with Gasteiger partial charge in [0.25, 0.3) is 0 Å². The lowest BCUT2D eigenvalue weighted by Gasteiger charge is -1.96. The molecule has 58 valence electrons. The Morgan fingerprint density at radius 1 is 1.42 bits per heavy atom. The molecule has 0 amide bonds. The second-order valence-corrected chi connectivity index (χ2v) is 2.14. The van der Waals surface area contributed by atoms with Crippen LogP contribution >= 0.6 is 0 Å². The maximum atomic E-state index is 9.12. The van der Waals surface area contributed by atoms with Gasteiger partial charge in [0.15, 0.2) is 6.07 Å². The van der Waals surface area contributed by atoms with Crippen molar-refractivity contribution in [3.8, 4) is 23.7 Å². The fraction of sp³-hybridized carbons (Fsp3) is 0. The molecule has 0 heterocycles.